The lowest BCUT2D eigenvalue weighted by Crippen LogP contribution is -2.45. The first kappa shape index (κ1) is 14.8. The maximum Gasteiger partial charge on any atom is 0.411 e. The van der Waals surface area contributed by atoms with Crippen LogP contribution in [0.2, 0.25) is 0 Å². The van der Waals surface area contributed by atoms with Gasteiger partial charge in [-0.3, -0.25) is 9.69 Å². The van der Waals surface area contributed by atoms with Crippen LogP contribution in [0.3, 0.4) is 0 Å². The van der Waals surface area contributed by atoms with Crippen molar-refractivity contribution < 1.29 is 24.2 Å². The van der Waals surface area contributed by atoms with Crippen molar-refractivity contribution in [3.63, 3.8) is 0 Å². The van der Waals surface area contributed by atoms with Crippen molar-refractivity contribution in [2.75, 3.05) is 6.54 Å². The molecule has 1 aliphatic heterocycles. The molecule has 1 aromatic carbocycles. The van der Waals surface area contributed by atoms with E-state index < -0.39 is 24.1 Å². The number of hydrogen-bond acceptors (Lipinski definition) is 5. The summed E-state index contributed by atoms with van der Waals surface area (Å²) < 4.78 is 5.22. The van der Waals surface area contributed by atoms with Gasteiger partial charge < -0.3 is 20.4 Å². The van der Waals surface area contributed by atoms with Crippen molar-refractivity contribution in [3.8, 4) is 5.75 Å². The van der Waals surface area contributed by atoms with Crippen LogP contribution in [-0.2, 0) is 14.3 Å². The summed E-state index contributed by atoms with van der Waals surface area (Å²) in [5, 5.41) is 9.25. The van der Waals surface area contributed by atoms with Crippen molar-refractivity contribution in [1.29, 1.82) is 0 Å². The van der Waals surface area contributed by atoms with Gasteiger partial charge in [-0.2, -0.15) is 0 Å². The number of aldehydes is 1. The van der Waals surface area contributed by atoms with Gasteiger partial charge in [-0.1, -0.05) is 12.1 Å². The van der Waals surface area contributed by atoms with Gasteiger partial charge >= 0.3 is 6.09 Å². The van der Waals surface area contributed by atoms with Crippen LogP contribution in [0.15, 0.2) is 24.3 Å². The first-order valence-corrected chi connectivity index (χ1v) is 6.52. The predicted octanol–water partition coefficient (Wildman–Crippen LogP) is 0.718. The number of rotatable bonds is 6. The van der Waals surface area contributed by atoms with E-state index in [9.17, 15) is 19.5 Å². The minimum absolute atomic E-state index is 0.112. The number of hydrogen-bond donors (Lipinski definition) is 2. The Kier molecular flexibility index (Phi) is 4.42. The van der Waals surface area contributed by atoms with Crippen molar-refractivity contribution in [2.24, 2.45) is 5.73 Å². The number of nitrogens with zero attached hydrogens (tertiary/aromatic N) is 1. The number of benzene rings is 1. The first-order chi connectivity index (χ1) is 10.0. The van der Waals surface area contributed by atoms with E-state index in [0.29, 0.717) is 11.8 Å². The molecule has 0 aliphatic carbocycles. The van der Waals surface area contributed by atoms with E-state index in [4.69, 9.17) is 10.5 Å². The van der Waals surface area contributed by atoms with E-state index in [-0.39, 0.29) is 25.1 Å². The largest absolute Gasteiger partial charge is 0.508 e. The van der Waals surface area contributed by atoms with Crippen LogP contribution in [0.1, 0.15) is 24.5 Å². The molecule has 0 spiro atoms. The molecule has 0 bridgehead atoms. The Morgan fingerprint density at radius 2 is 2.14 bits per heavy atom. The number of phenols is 1. The Labute approximate surface area is 121 Å². The van der Waals surface area contributed by atoms with Crippen LogP contribution in [0, 0.1) is 0 Å². The maximum atomic E-state index is 11.9. The van der Waals surface area contributed by atoms with E-state index in [1.165, 1.54) is 17.0 Å². The summed E-state index contributed by atoms with van der Waals surface area (Å²) in [4.78, 5) is 35.0. The molecule has 0 radical (unpaired) electrons. The number of amides is 2. The van der Waals surface area contributed by atoms with E-state index >= 15 is 0 Å². The molecule has 1 fully saturated rings. The number of carbonyl (C=O) groups is 3. The molecule has 2 rings (SSSR count). The highest BCUT2D eigenvalue weighted by Gasteiger charge is 2.38. The Morgan fingerprint density at radius 1 is 1.48 bits per heavy atom. The molecule has 2 amide bonds. The maximum absolute atomic E-state index is 11.9. The minimum Gasteiger partial charge on any atom is -0.508 e. The number of nitrogens with two attached hydrogens (primary N) is 1. The lowest BCUT2D eigenvalue weighted by atomic mass is 10.1. The van der Waals surface area contributed by atoms with Crippen LogP contribution < -0.4 is 5.73 Å². The molecule has 0 aromatic heterocycles. The Morgan fingerprint density at radius 3 is 2.71 bits per heavy atom. The summed E-state index contributed by atoms with van der Waals surface area (Å²) in [5.74, 6) is -0.555. The van der Waals surface area contributed by atoms with Gasteiger partial charge in [0.2, 0.25) is 5.91 Å². The SMILES string of the molecule is NC(=O)C(CCC=O)N1C[C@H](c2ccc(O)cc2)OC1=O. The zero-order valence-electron chi connectivity index (χ0n) is 11.3. The van der Waals surface area contributed by atoms with Crippen LogP contribution in [0.25, 0.3) is 0 Å². The highest BCUT2D eigenvalue weighted by atomic mass is 16.6. The molecule has 1 aliphatic rings. The topological polar surface area (TPSA) is 110 Å². The fourth-order valence-electron chi connectivity index (χ4n) is 2.27. The Balaban J connectivity index is 2.12. The Bertz CT molecular complexity index is 543. The summed E-state index contributed by atoms with van der Waals surface area (Å²) >= 11 is 0. The van der Waals surface area contributed by atoms with Gasteiger partial charge in [-0.05, 0) is 24.1 Å². The highest BCUT2D eigenvalue weighted by molar-refractivity contribution is 5.85. The second-order valence-corrected chi connectivity index (χ2v) is 4.78. The zero-order valence-corrected chi connectivity index (χ0v) is 11.3. The number of primary amides is 1. The second-order valence-electron chi connectivity index (χ2n) is 4.78. The summed E-state index contributed by atoms with van der Waals surface area (Å²) in [6.07, 6.45) is -0.175. The number of carbonyl (C=O) groups excluding carboxylic acids is 3. The molecule has 1 heterocycles. The predicted molar refractivity (Wildman–Crippen MR) is 72.3 cm³/mol. The van der Waals surface area contributed by atoms with Crippen molar-refractivity contribution in [3.05, 3.63) is 29.8 Å². The molecule has 2 atom stereocenters. The lowest BCUT2D eigenvalue weighted by molar-refractivity contribution is -0.122. The van der Waals surface area contributed by atoms with Crippen molar-refractivity contribution >= 4 is 18.3 Å². The minimum atomic E-state index is -0.857. The highest BCUT2D eigenvalue weighted by Crippen LogP contribution is 2.29. The molecule has 7 nitrogen and oxygen atoms in total. The lowest BCUT2D eigenvalue weighted by Gasteiger charge is -2.21. The molecular weight excluding hydrogens is 276 g/mol. The molecule has 7 heteroatoms. The van der Waals surface area contributed by atoms with Gasteiger partial charge in [0.1, 0.15) is 24.2 Å². The standard InChI is InChI=1S/C14H16N2O5/c15-13(19)11(2-1-7-17)16-8-12(21-14(16)20)9-3-5-10(18)6-4-9/h3-7,11-12,18H,1-2,8H2,(H2,15,19)/t11?,12-/m1/s1. The van der Waals surface area contributed by atoms with Crippen LogP contribution in [0.4, 0.5) is 4.79 Å². The first-order valence-electron chi connectivity index (χ1n) is 6.52. The molecular formula is C14H16N2O5. The van der Waals surface area contributed by atoms with Gasteiger partial charge in [0.15, 0.2) is 0 Å². The van der Waals surface area contributed by atoms with Gasteiger partial charge in [0.05, 0.1) is 6.54 Å². The second kappa shape index (κ2) is 6.25. The molecule has 21 heavy (non-hydrogen) atoms. The van der Waals surface area contributed by atoms with E-state index in [0.717, 1.165) is 0 Å². The van der Waals surface area contributed by atoms with Gasteiger partial charge in [-0.15, -0.1) is 0 Å². The third-order valence-corrected chi connectivity index (χ3v) is 3.37. The third kappa shape index (κ3) is 3.31. The fraction of sp³-hybridized carbons (Fsp3) is 0.357. The van der Waals surface area contributed by atoms with E-state index in [2.05, 4.69) is 0 Å². The molecule has 3 N–H and O–H groups in total. The number of phenolic OH excluding ortho intramolecular Hbond substituents is 1. The van der Waals surface area contributed by atoms with Crippen LogP contribution in [0.5, 0.6) is 5.75 Å². The molecule has 1 saturated heterocycles. The average molecular weight is 292 g/mol. The van der Waals surface area contributed by atoms with Gasteiger partial charge in [-0.25, -0.2) is 4.79 Å². The quantitative estimate of drug-likeness (QED) is 0.751. The summed E-state index contributed by atoms with van der Waals surface area (Å²) in [6.45, 7) is 0.177. The normalized spacial score (nSPS) is 19.1. The number of ether oxygens (including phenoxy) is 1. The average Bonchev–Trinajstić information content (AvgIpc) is 2.82. The van der Waals surface area contributed by atoms with Crippen molar-refractivity contribution in [2.45, 2.75) is 25.0 Å². The van der Waals surface area contributed by atoms with E-state index in [1.54, 1.807) is 12.1 Å². The summed E-state index contributed by atoms with van der Waals surface area (Å²) in [7, 11) is 0. The molecule has 0 saturated carbocycles. The molecule has 1 aromatic rings. The fourth-order valence-corrected chi connectivity index (χ4v) is 2.27. The van der Waals surface area contributed by atoms with Gasteiger partial charge in [0.25, 0.3) is 0 Å². The summed E-state index contributed by atoms with van der Waals surface area (Å²) in [5.41, 5.74) is 6.00. The van der Waals surface area contributed by atoms with Crippen LogP contribution in [-0.4, -0.2) is 40.9 Å². The van der Waals surface area contributed by atoms with Crippen molar-refractivity contribution in [1.82, 2.24) is 4.90 Å². The zero-order chi connectivity index (χ0) is 15.4. The molecule has 1 unspecified atom stereocenters. The van der Waals surface area contributed by atoms with Gasteiger partial charge in [0, 0.05) is 6.42 Å². The smallest absolute Gasteiger partial charge is 0.411 e. The Hall–Kier alpha value is -2.57. The van der Waals surface area contributed by atoms with E-state index in [1.807, 2.05) is 0 Å². The summed E-state index contributed by atoms with van der Waals surface area (Å²) in [6, 6.07) is 5.40. The number of cyclic esters (lactones) is 1. The molecule has 112 valence electrons. The van der Waals surface area contributed by atoms with Crippen LogP contribution >= 0.6 is 0 Å². The third-order valence-electron chi connectivity index (χ3n) is 3.37. The monoisotopic (exact) mass is 292 g/mol. The number of aromatic hydroxyl groups is 1.